The molecule has 0 radical (unpaired) electrons. The summed E-state index contributed by atoms with van der Waals surface area (Å²) in [5.74, 6) is -1.61. The second kappa shape index (κ2) is 77.6. The minimum Gasteiger partial charge on any atom is -0.463 e. The van der Waals surface area contributed by atoms with Gasteiger partial charge in [0.25, 0.3) is 0 Å². The summed E-state index contributed by atoms with van der Waals surface area (Å²) < 4.78 is 61.1. The second-order valence-electron chi connectivity index (χ2n) is 27.2. The Morgan fingerprint density at radius 2 is 0.505 bits per heavy atom. The minimum absolute atomic E-state index is 0.0822. The molecule has 0 saturated carbocycles. The molecular weight excluding hydrogens is 1340 g/mol. The van der Waals surface area contributed by atoms with Gasteiger partial charge in [-0.25, -0.2) is 9.13 Å². The number of phosphoric ester groups is 2. The highest BCUT2D eigenvalue weighted by molar-refractivity contribution is 7.47. The molecule has 4 N–H and O–H groups in total. The predicted octanol–water partition coefficient (Wildman–Crippen LogP) is 24.1. The van der Waals surface area contributed by atoms with Crippen LogP contribution in [0.1, 0.15) is 342 Å². The van der Waals surface area contributed by atoms with E-state index in [2.05, 4.69) is 142 Å². The van der Waals surface area contributed by atoms with Crippen molar-refractivity contribution in [1.82, 2.24) is 0 Å². The number of esters is 3. The van der Waals surface area contributed by atoms with E-state index in [1.54, 1.807) is 0 Å². The van der Waals surface area contributed by atoms with Crippen molar-refractivity contribution in [2.24, 2.45) is 0 Å². The van der Waals surface area contributed by atoms with Crippen LogP contribution in [0.25, 0.3) is 0 Å². The molecule has 0 aromatic heterocycles. The van der Waals surface area contributed by atoms with E-state index in [4.69, 9.17) is 32.3 Å². The Kier molecular flexibility index (Phi) is 74.5. The summed E-state index contributed by atoms with van der Waals surface area (Å²) in [6, 6.07) is 0. The van der Waals surface area contributed by atoms with Gasteiger partial charge in [-0.1, -0.05) is 309 Å². The fraction of sp³-hybridized carbons (Fsp3) is 0.729. The third kappa shape index (κ3) is 78.8. The summed E-state index contributed by atoms with van der Waals surface area (Å²) in [6.45, 7) is 2.54. The van der Waals surface area contributed by atoms with Crippen LogP contribution in [0.3, 0.4) is 0 Å². The summed E-state index contributed by atoms with van der Waals surface area (Å²) in [4.78, 5) is 58.6. The first kappa shape index (κ1) is 98.9. The average Bonchev–Trinajstić information content (AvgIpc) is 0.926. The molecule has 0 aromatic carbocycles. The van der Waals surface area contributed by atoms with E-state index in [1.165, 1.54) is 141 Å². The summed E-state index contributed by atoms with van der Waals surface area (Å²) in [6.07, 6.45) is 92.6. The molecule has 103 heavy (non-hydrogen) atoms. The Labute approximate surface area is 627 Å². The first-order valence-electron chi connectivity index (χ1n) is 40.8. The molecular formula is C85H148O16P2. The van der Waals surface area contributed by atoms with E-state index in [9.17, 15) is 43.5 Å². The minimum atomic E-state index is -4.94. The molecule has 0 aliphatic rings. The smallest absolute Gasteiger partial charge is 0.463 e. The molecule has 0 aliphatic carbocycles. The van der Waals surface area contributed by atoms with Crippen LogP contribution in [0.4, 0.5) is 0 Å². The van der Waals surface area contributed by atoms with Crippen LogP contribution in [-0.4, -0.2) is 95.9 Å². The number of rotatable bonds is 77. The van der Waals surface area contributed by atoms with E-state index in [0.717, 1.165) is 141 Å². The zero-order valence-corrected chi connectivity index (χ0v) is 66.7. The van der Waals surface area contributed by atoms with E-state index in [0.29, 0.717) is 19.3 Å². The van der Waals surface area contributed by atoms with Crippen LogP contribution in [0, 0.1) is 0 Å². The zero-order chi connectivity index (χ0) is 75.2. The molecule has 0 rings (SSSR count). The number of ether oxygens (including phenoxy) is 3. The average molecular weight is 1490 g/mol. The number of hydrogen-bond donors (Lipinski definition) is 4. The Bertz CT molecular complexity index is 2360. The van der Waals surface area contributed by atoms with Crippen LogP contribution in [0.5, 0.6) is 0 Å². The second-order valence-corrected chi connectivity index (χ2v) is 30.1. The monoisotopic (exact) mass is 1490 g/mol. The molecule has 0 aliphatic heterocycles. The molecule has 594 valence electrons. The highest BCUT2D eigenvalue weighted by Crippen LogP contribution is 2.45. The van der Waals surface area contributed by atoms with Crippen molar-refractivity contribution in [3.8, 4) is 0 Å². The Hall–Kier alpha value is -4.05. The lowest BCUT2D eigenvalue weighted by Gasteiger charge is -2.21. The van der Waals surface area contributed by atoms with Crippen molar-refractivity contribution in [3.05, 3.63) is 122 Å². The molecule has 16 nitrogen and oxygen atoms in total. The van der Waals surface area contributed by atoms with Gasteiger partial charge in [0.05, 0.1) is 26.4 Å². The van der Waals surface area contributed by atoms with E-state index in [-0.39, 0.29) is 19.3 Å². The normalized spacial score (nSPS) is 14.6. The molecule has 0 aromatic rings. The van der Waals surface area contributed by atoms with Gasteiger partial charge in [-0.3, -0.25) is 32.5 Å². The number of phosphoric acid groups is 2. The Morgan fingerprint density at radius 3 is 0.806 bits per heavy atom. The molecule has 0 fully saturated rings. The van der Waals surface area contributed by atoms with Crippen LogP contribution in [-0.2, 0) is 55.8 Å². The summed E-state index contributed by atoms with van der Waals surface area (Å²) in [5, 5.41) is 20.6. The molecule has 5 unspecified atom stereocenters. The van der Waals surface area contributed by atoms with Gasteiger partial charge in [0.1, 0.15) is 25.4 Å². The lowest BCUT2D eigenvalue weighted by atomic mass is 10.0. The van der Waals surface area contributed by atoms with Crippen molar-refractivity contribution in [3.63, 3.8) is 0 Å². The van der Waals surface area contributed by atoms with E-state index < -0.39 is 91.5 Å². The van der Waals surface area contributed by atoms with Crippen LogP contribution >= 0.6 is 15.6 Å². The van der Waals surface area contributed by atoms with Crippen molar-refractivity contribution in [1.29, 1.82) is 0 Å². The third-order valence-corrected chi connectivity index (χ3v) is 19.0. The highest BCUT2D eigenvalue weighted by Gasteiger charge is 2.29. The van der Waals surface area contributed by atoms with Gasteiger partial charge in [0.15, 0.2) is 6.10 Å². The standard InChI is InChI=1S/C85H148O16P2/c1-4-7-10-13-16-19-22-25-27-29-31-33-34-35-36-37-38-39-40-41-42-43-44-46-48-49-51-54-56-59-62-65-68-71-83(88)95-74-80(86)75-97-102(91,92)98-76-81(87)77-99-103(93,94)100-79-82(101-85(90)73-70-67-64-61-58-53-24-21-18-15-12-9-6-3)78-96-84(89)72-69-66-63-60-57-55-52-50-47-45-32-30-28-26-23-20-17-14-11-8-5-2/h12,15-17,19-21,24-28,31-33,35-36,45,50,52,80-82,86-87H,4-11,13-14,18,22-23,29-30,34,37-44,46-49,51,53-79H2,1-3H3,(H,91,92)(H,93,94)/b15-12-,19-16-,20-17-,24-21-,27-25-,28-26-,33-31-,36-35-,45-32-,52-50-. The molecule has 18 heteroatoms. The third-order valence-electron chi connectivity index (χ3n) is 17.1. The largest absolute Gasteiger partial charge is 0.472 e. The SMILES string of the molecule is CCC/C=C\C/C=C\CCCCCCCC(=O)OC(COC(=O)CCCCCCC/C=C\C/C=C\C/C=C\C/C=C\CCCCC)COP(=O)(O)OCC(O)COP(=O)(O)OCC(O)COC(=O)CCCCCCCCCCCCCCCCCCC/C=C\C/C=C\C/C=C\C/C=C\CCCCC. The van der Waals surface area contributed by atoms with Gasteiger partial charge >= 0.3 is 33.6 Å². The Balaban J connectivity index is 4.42. The first-order chi connectivity index (χ1) is 50.2. The fourth-order valence-electron chi connectivity index (χ4n) is 10.9. The van der Waals surface area contributed by atoms with E-state index >= 15 is 0 Å². The quantitative estimate of drug-likeness (QED) is 0.0146. The number of carbonyl (C=O) groups excluding carboxylic acids is 3. The lowest BCUT2D eigenvalue weighted by Crippen LogP contribution is -2.30. The molecule has 5 atom stereocenters. The molecule has 0 saturated heterocycles. The van der Waals surface area contributed by atoms with Crippen LogP contribution < -0.4 is 0 Å². The maximum Gasteiger partial charge on any atom is 0.472 e. The maximum atomic E-state index is 12.9. The fourth-order valence-corrected chi connectivity index (χ4v) is 12.5. The summed E-state index contributed by atoms with van der Waals surface area (Å²) >= 11 is 0. The number of unbranched alkanes of at least 4 members (excludes halogenated alkanes) is 34. The summed E-state index contributed by atoms with van der Waals surface area (Å²) in [7, 11) is -9.80. The summed E-state index contributed by atoms with van der Waals surface area (Å²) in [5.41, 5.74) is 0. The van der Waals surface area contributed by atoms with Gasteiger partial charge in [-0.2, -0.15) is 0 Å². The Morgan fingerprint density at radius 1 is 0.272 bits per heavy atom. The van der Waals surface area contributed by atoms with Crippen LogP contribution in [0.2, 0.25) is 0 Å². The predicted molar refractivity (Wildman–Crippen MR) is 427 cm³/mol. The molecule has 0 bridgehead atoms. The number of aliphatic hydroxyl groups excluding tert-OH is 2. The van der Waals surface area contributed by atoms with Gasteiger partial charge < -0.3 is 34.2 Å². The zero-order valence-electron chi connectivity index (χ0n) is 65.0. The van der Waals surface area contributed by atoms with Gasteiger partial charge in [-0.05, 0) is 135 Å². The topological polar surface area (TPSA) is 231 Å². The molecule has 0 spiro atoms. The van der Waals surface area contributed by atoms with Gasteiger partial charge in [-0.15, -0.1) is 0 Å². The van der Waals surface area contributed by atoms with Gasteiger partial charge in [0, 0.05) is 19.3 Å². The number of carbonyl (C=O) groups is 3. The van der Waals surface area contributed by atoms with Crippen molar-refractivity contribution in [2.45, 2.75) is 360 Å². The maximum absolute atomic E-state index is 12.9. The molecule has 0 amide bonds. The first-order valence-corrected chi connectivity index (χ1v) is 43.8. The number of allylic oxidation sites excluding steroid dienone is 20. The van der Waals surface area contributed by atoms with Gasteiger partial charge in [0.2, 0.25) is 0 Å². The van der Waals surface area contributed by atoms with Crippen LogP contribution in [0.15, 0.2) is 122 Å². The van der Waals surface area contributed by atoms with Crippen molar-refractivity contribution < 1.29 is 75.8 Å². The van der Waals surface area contributed by atoms with Crippen molar-refractivity contribution in [2.75, 3.05) is 39.6 Å². The lowest BCUT2D eigenvalue weighted by molar-refractivity contribution is -0.161. The highest BCUT2D eigenvalue weighted by atomic mass is 31.2. The number of aliphatic hydroxyl groups is 2. The molecule has 0 heterocycles. The van der Waals surface area contributed by atoms with Crippen molar-refractivity contribution >= 4 is 33.6 Å². The number of hydrogen-bond acceptors (Lipinski definition) is 14. The van der Waals surface area contributed by atoms with E-state index in [1.807, 2.05) is 0 Å².